The predicted molar refractivity (Wildman–Crippen MR) is 122 cm³/mol. The second kappa shape index (κ2) is 13.1. The van der Waals surface area contributed by atoms with E-state index in [2.05, 4.69) is 54.7 Å². The Kier molecular flexibility index (Phi) is 10.4. The lowest BCUT2D eigenvalue weighted by atomic mass is 10.0. The molecule has 3 aromatic rings. The molecule has 0 saturated carbocycles. The maximum Gasteiger partial charge on any atom is 0.0453 e. The van der Waals surface area contributed by atoms with Crippen molar-refractivity contribution in [3.63, 3.8) is 0 Å². The van der Waals surface area contributed by atoms with E-state index in [4.69, 9.17) is 17.3 Å². The number of halogens is 1. The van der Waals surface area contributed by atoms with E-state index in [9.17, 15) is 0 Å². The minimum atomic E-state index is 0.716. The Labute approximate surface area is 174 Å². The summed E-state index contributed by atoms with van der Waals surface area (Å²) in [5, 5.41) is 4.34. The molecule has 0 amide bonds. The molecule has 148 valence electrons. The lowest BCUT2D eigenvalue weighted by Crippen LogP contribution is -2.18. The number of nitrogens with one attached hydrogen (secondary N) is 1. The molecule has 0 saturated heterocycles. The molecular formula is C25H31ClN2. The van der Waals surface area contributed by atoms with Gasteiger partial charge in [-0.1, -0.05) is 90.0 Å². The maximum atomic E-state index is 6.33. The second-order valence-corrected chi connectivity index (χ2v) is 7.24. The van der Waals surface area contributed by atoms with Crippen molar-refractivity contribution in [3.05, 3.63) is 106 Å². The first kappa shape index (κ1) is 22.2. The van der Waals surface area contributed by atoms with Gasteiger partial charge in [0.15, 0.2) is 0 Å². The van der Waals surface area contributed by atoms with E-state index < -0.39 is 0 Å². The molecule has 0 aliphatic carbocycles. The summed E-state index contributed by atoms with van der Waals surface area (Å²) in [5.41, 5.74) is 10.8. The third-order valence-corrected chi connectivity index (χ3v) is 4.90. The molecule has 3 rings (SSSR count). The number of aryl methyl sites for hydroxylation is 2. The maximum absolute atomic E-state index is 6.33. The van der Waals surface area contributed by atoms with Gasteiger partial charge in [-0.05, 0) is 62.0 Å². The van der Waals surface area contributed by atoms with Crippen LogP contribution in [0.5, 0.6) is 0 Å². The van der Waals surface area contributed by atoms with Crippen molar-refractivity contribution in [2.24, 2.45) is 5.73 Å². The highest BCUT2D eigenvalue weighted by molar-refractivity contribution is 6.31. The van der Waals surface area contributed by atoms with Gasteiger partial charge in [-0.2, -0.15) is 0 Å². The zero-order chi connectivity index (χ0) is 20.0. The number of rotatable bonds is 8. The van der Waals surface area contributed by atoms with Crippen LogP contribution in [-0.2, 0) is 19.4 Å². The van der Waals surface area contributed by atoms with Gasteiger partial charge in [-0.25, -0.2) is 0 Å². The normalized spacial score (nSPS) is 10.2. The monoisotopic (exact) mass is 394 g/mol. The molecule has 3 heteroatoms. The molecule has 0 fully saturated rings. The Morgan fingerprint density at radius 2 is 1.50 bits per heavy atom. The van der Waals surface area contributed by atoms with Crippen LogP contribution in [0, 0.1) is 6.92 Å². The van der Waals surface area contributed by atoms with Crippen molar-refractivity contribution in [2.45, 2.75) is 32.7 Å². The molecule has 0 bridgehead atoms. The van der Waals surface area contributed by atoms with Crippen LogP contribution >= 0.6 is 11.6 Å². The van der Waals surface area contributed by atoms with E-state index in [1.165, 1.54) is 22.3 Å². The zero-order valence-corrected chi connectivity index (χ0v) is 17.5. The Morgan fingerprint density at radius 1 is 0.821 bits per heavy atom. The van der Waals surface area contributed by atoms with Gasteiger partial charge in [0.05, 0.1) is 0 Å². The average Bonchev–Trinajstić information content (AvgIpc) is 2.73. The molecule has 0 spiro atoms. The fourth-order valence-electron chi connectivity index (χ4n) is 2.95. The Balaban J connectivity index is 0.000000336. The van der Waals surface area contributed by atoms with Crippen molar-refractivity contribution in [1.29, 1.82) is 0 Å². The second-order valence-electron chi connectivity index (χ2n) is 6.84. The van der Waals surface area contributed by atoms with Crippen molar-refractivity contribution >= 4 is 11.6 Å². The Bertz CT molecular complexity index is 788. The summed E-state index contributed by atoms with van der Waals surface area (Å²) in [6.07, 6.45) is 3.02. The van der Waals surface area contributed by atoms with Crippen LogP contribution in [0.15, 0.2) is 78.9 Å². The van der Waals surface area contributed by atoms with Crippen molar-refractivity contribution in [2.75, 3.05) is 13.1 Å². The lowest BCUT2D eigenvalue weighted by Gasteiger charge is -2.12. The molecule has 0 radical (unpaired) electrons. The van der Waals surface area contributed by atoms with E-state index in [0.29, 0.717) is 6.54 Å². The van der Waals surface area contributed by atoms with Crippen LogP contribution in [-0.4, -0.2) is 13.1 Å². The standard InChI is InChI=1S/C18H23ClN2.C7H8/c19-18-10-4-8-16(9-5-12-20)17(18)14-21-13-11-15-6-2-1-3-7-15;1-7-5-3-2-4-6-7/h1-4,6-8,10,21H,5,9,11-14,20H2;2-6H,1H3. The van der Waals surface area contributed by atoms with E-state index in [1.807, 2.05) is 36.4 Å². The number of nitrogens with two attached hydrogens (primary N) is 1. The molecular weight excluding hydrogens is 364 g/mol. The SMILES string of the molecule is Cc1ccccc1.NCCCc1cccc(Cl)c1CNCCc1ccccc1. The molecule has 3 aromatic carbocycles. The first-order chi connectivity index (χ1) is 13.7. The molecule has 0 unspecified atom stereocenters. The number of hydrogen-bond acceptors (Lipinski definition) is 2. The number of hydrogen-bond donors (Lipinski definition) is 2. The predicted octanol–water partition coefficient (Wildman–Crippen LogP) is 5.56. The highest BCUT2D eigenvalue weighted by Gasteiger charge is 2.06. The van der Waals surface area contributed by atoms with E-state index >= 15 is 0 Å². The van der Waals surface area contributed by atoms with E-state index in [0.717, 1.165) is 37.4 Å². The third kappa shape index (κ3) is 8.26. The summed E-state index contributed by atoms with van der Waals surface area (Å²) in [7, 11) is 0. The minimum absolute atomic E-state index is 0.716. The quantitative estimate of drug-likeness (QED) is 0.491. The van der Waals surface area contributed by atoms with Crippen LogP contribution in [0.3, 0.4) is 0 Å². The van der Waals surface area contributed by atoms with Crippen molar-refractivity contribution in [3.8, 4) is 0 Å². The highest BCUT2D eigenvalue weighted by atomic mass is 35.5. The van der Waals surface area contributed by atoms with Crippen molar-refractivity contribution < 1.29 is 0 Å². The van der Waals surface area contributed by atoms with Gasteiger partial charge in [-0.15, -0.1) is 0 Å². The molecule has 0 aliphatic heterocycles. The van der Waals surface area contributed by atoms with Gasteiger partial charge in [0, 0.05) is 11.6 Å². The van der Waals surface area contributed by atoms with Crippen LogP contribution < -0.4 is 11.1 Å². The van der Waals surface area contributed by atoms with Gasteiger partial charge in [0.25, 0.3) is 0 Å². The topological polar surface area (TPSA) is 38.0 Å². The fraction of sp³-hybridized carbons (Fsp3) is 0.280. The van der Waals surface area contributed by atoms with Gasteiger partial charge in [-0.3, -0.25) is 0 Å². The first-order valence-electron chi connectivity index (χ1n) is 9.93. The summed E-state index contributed by atoms with van der Waals surface area (Å²) in [6, 6.07) is 26.9. The largest absolute Gasteiger partial charge is 0.330 e. The van der Waals surface area contributed by atoms with Crippen LogP contribution in [0.2, 0.25) is 5.02 Å². The Hall–Kier alpha value is -2.13. The highest BCUT2D eigenvalue weighted by Crippen LogP contribution is 2.21. The third-order valence-electron chi connectivity index (χ3n) is 4.54. The summed E-state index contributed by atoms with van der Waals surface area (Å²) in [4.78, 5) is 0. The molecule has 0 atom stereocenters. The summed E-state index contributed by atoms with van der Waals surface area (Å²) in [6.45, 7) is 4.56. The molecule has 28 heavy (non-hydrogen) atoms. The minimum Gasteiger partial charge on any atom is -0.330 e. The Morgan fingerprint density at radius 3 is 2.11 bits per heavy atom. The molecule has 2 nitrogen and oxygen atoms in total. The van der Waals surface area contributed by atoms with Gasteiger partial charge in [0.2, 0.25) is 0 Å². The van der Waals surface area contributed by atoms with E-state index in [1.54, 1.807) is 0 Å². The van der Waals surface area contributed by atoms with Crippen LogP contribution in [0.25, 0.3) is 0 Å². The summed E-state index contributed by atoms with van der Waals surface area (Å²) >= 11 is 6.33. The van der Waals surface area contributed by atoms with Gasteiger partial charge < -0.3 is 11.1 Å². The van der Waals surface area contributed by atoms with Crippen LogP contribution in [0.4, 0.5) is 0 Å². The molecule has 0 aliphatic rings. The van der Waals surface area contributed by atoms with Gasteiger partial charge >= 0.3 is 0 Å². The zero-order valence-electron chi connectivity index (χ0n) is 16.7. The molecule has 3 N–H and O–H groups in total. The average molecular weight is 395 g/mol. The fourth-order valence-corrected chi connectivity index (χ4v) is 3.21. The van der Waals surface area contributed by atoms with Crippen molar-refractivity contribution in [1.82, 2.24) is 5.32 Å². The van der Waals surface area contributed by atoms with E-state index in [-0.39, 0.29) is 0 Å². The lowest BCUT2D eigenvalue weighted by molar-refractivity contribution is 0.679. The molecule has 0 heterocycles. The summed E-state index contributed by atoms with van der Waals surface area (Å²) in [5.74, 6) is 0. The first-order valence-corrected chi connectivity index (χ1v) is 10.3. The number of benzene rings is 3. The summed E-state index contributed by atoms with van der Waals surface area (Å²) < 4.78 is 0. The van der Waals surface area contributed by atoms with Gasteiger partial charge in [0.1, 0.15) is 0 Å². The van der Waals surface area contributed by atoms with Crippen LogP contribution in [0.1, 0.15) is 28.7 Å². The molecule has 0 aromatic heterocycles. The smallest absolute Gasteiger partial charge is 0.0453 e.